The summed E-state index contributed by atoms with van der Waals surface area (Å²) in [6.45, 7) is -1.11. The van der Waals surface area contributed by atoms with Gasteiger partial charge >= 0.3 is 0 Å². The predicted octanol–water partition coefficient (Wildman–Crippen LogP) is 0.769. The standard InChI is InChI=1S/C9H7F5O3/c10-4-3(9(17)2(16)1-15)5(11)7(13)8(14)6(4)12/h2,9,15-17H,1H2. The fourth-order valence-corrected chi connectivity index (χ4v) is 1.17. The molecule has 17 heavy (non-hydrogen) atoms. The molecule has 0 fully saturated rings. The van der Waals surface area contributed by atoms with Crippen LogP contribution in [-0.4, -0.2) is 28.0 Å². The molecule has 0 amide bonds. The number of aliphatic hydroxyl groups excluding tert-OH is 3. The first-order valence-corrected chi connectivity index (χ1v) is 4.31. The molecule has 0 aromatic heterocycles. The highest BCUT2D eigenvalue weighted by Gasteiger charge is 2.32. The van der Waals surface area contributed by atoms with Crippen LogP contribution in [0, 0.1) is 29.1 Å². The van der Waals surface area contributed by atoms with Gasteiger partial charge in [0, 0.05) is 0 Å². The van der Waals surface area contributed by atoms with Crippen LogP contribution >= 0.6 is 0 Å². The molecule has 0 aliphatic carbocycles. The van der Waals surface area contributed by atoms with Crippen LogP contribution in [0.5, 0.6) is 0 Å². The van der Waals surface area contributed by atoms with Crippen LogP contribution in [0.4, 0.5) is 22.0 Å². The zero-order valence-electron chi connectivity index (χ0n) is 8.09. The molecule has 3 N–H and O–H groups in total. The number of halogens is 5. The Morgan fingerprint density at radius 1 is 0.765 bits per heavy atom. The molecule has 0 heterocycles. The SMILES string of the molecule is OCC(O)C(O)c1c(F)c(F)c(F)c(F)c1F. The molecule has 1 aromatic rings. The number of benzene rings is 1. The zero-order valence-corrected chi connectivity index (χ0v) is 8.09. The fourth-order valence-electron chi connectivity index (χ4n) is 1.17. The highest BCUT2D eigenvalue weighted by molar-refractivity contribution is 5.26. The monoisotopic (exact) mass is 258 g/mol. The largest absolute Gasteiger partial charge is 0.394 e. The molecule has 0 radical (unpaired) electrons. The van der Waals surface area contributed by atoms with E-state index in [1.165, 1.54) is 0 Å². The van der Waals surface area contributed by atoms with Crippen molar-refractivity contribution in [3.05, 3.63) is 34.6 Å². The Morgan fingerprint density at radius 3 is 1.47 bits per heavy atom. The Balaban J connectivity index is 3.44. The summed E-state index contributed by atoms with van der Waals surface area (Å²) >= 11 is 0. The second-order valence-corrected chi connectivity index (χ2v) is 3.18. The van der Waals surface area contributed by atoms with E-state index in [4.69, 9.17) is 15.3 Å². The third kappa shape index (κ3) is 2.24. The molecular weight excluding hydrogens is 251 g/mol. The van der Waals surface area contributed by atoms with Gasteiger partial charge in [0.25, 0.3) is 0 Å². The van der Waals surface area contributed by atoms with Gasteiger partial charge in [-0.25, -0.2) is 22.0 Å². The van der Waals surface area contributed by atoms with Gasteiger partial charge in [-0.2, -0.15) is 0 Å². The minimum atomic E-state index is -2.43. The van der Waals surface area contributed by atoms with Crippen molar-refractivity contribution < 1.29 is 37.3 Å². The molecule has 2 atom stereocenters. The minimum absolute atomic E-state index is 1.11. The van der Waals surface area contributed by atoms with Crippen molar-refractivity contribution in [1.29, 1.82) is 0 Å². The molecule has 0 bridgehead atoms. The lowest BCUT2D eigenvalue weighted by atomic mass is 10.0. The highest BCUT2D eigenvalue weighted by atomic mass is 19.2. The topological polar surface area (TPSA) is 60.7 Å². The molecule has 2 unspecified atom stereocenters. The van der Waals surface area contributed by atoms with Crippen LogP contribution in [-0.2, 0) is 0 Å². The van der Waals surface area contributed by atoms with E-state index in [0.29, 0.717) is 0 Å². The van der Waals surface area contributed by atoms with Crippen LogP contribution in [0.25, 0.3) is 0 Å². The number of hydrogen-bond acceptors (Lipinski definition) is 3. The second kappa shape index (κ2) is 4.94. The Kier molecular flexibility index (Phi) is 4.02. The molecule has 0 aliphatic heterocycles. The molecule has 1 aromatic carbocycles. The highest BCUT2D eigenvalue weighted by Crippen LogP contribution is 2.29. The van der Waals surface area contributed by atoms with E-state index in [1.807, 2.05) is 0 Å². The van der Waals surface area contributed by atoms with Crippen molar-refractivity contribution in [3.63, 3.8) is 0 Å². The maximum absolute atomic E-state index is 13.1. The lowest BCUT2D eigenvalue weighted by Crippen LogP contribution is -2.25. The van der Waals surface area contributed by atoms with E-state index < -0.39 is 53.5 Å². The number of rotatable bonds is 3. The predicted molar refractivity (Wildman–Crippen MR) is 44.3 cm³/mol. The minimum Gasteiger partial charge on any atom is -0.394 e. The summed E-state index contributed by atoms with van der Waals surface area (Å²) in [6, 6.07) is 0. The first-order chi connectivity index (χ1) is 7.82. The van der Waals surface area contributed by atoms with Gasteiger partial charge < -0.3 is 15.3 Å². The van der Waals surface area contributed by atoms with Crippen molar-refractivity contribution in [3.8, 4) is 0 Å². The van der Waals surface area contributed by atoms with Crippen molar-refractivity contribution in [2.45, 2.75) is 12.2 Å². The van der Waals surface area contributed by atoms with Crippen LogP contribution in [0.2, 0.25) is 0 Å². The quantitative estimate of drug-likeness (QED) is 0.426. The van der Waals surface area contributed by atoms with Gasteiger partial charge in [-0.05, 0) is 0 Å². The smallest absolute Gasteiger partial charge is 0.200 e. The normalized spacial score (nSPS) is 14.8. The Labute approximate surface area is 91.7 Å². The number of hydrogen-bond donors (Lipinski definition) is 3. The summed E-state index contributed by atoms with van der Waals surface area (Å²) in [5, 5.41) is 26.5. The maximum atomic E-state index is 13.1. The van der Waals surface area contributed by atoms with Crippen LogP contribution in [0.1, 0.15) is 11.7 Å². The third-order valence-corrected chi connectivity index (χ3v) is 2.09. The molecule has 0 spiro atoms. The zero-order chi connectivity index (χ0) is 13.3. The first-order valence-electron chi connectivity index (χ1n) is 4.31. The molecule has 0 saturated heterocycles. The molecule has 96 valence electrons. The van der Waals surface area contributed by atoms with Crippen molar-refractivity contribution in [2.75, 3.05) is 6.61 Å². The van der Waals surface area contributed by atoms with Crippen molar-refractivity contribution >= 4 is 0 Å². The third-order valence-electron chi connectivity index (χ3n) is 2.09. The molecule has 3 nitrogen and oxygen atoms in total. The Hall–Kier alpha value is -1.25. The van der Waals surface area contributed by atoms with Crippen molar-refractivity contribution in [1.82, 2.24) is 0 Å². The van der Waals surface area contributed by atoms with Gasteiger partial charge in [-0.1, -0.05) is 0 Å². The molecule has 8 heteroatoms. The first kappa shape index (κ1) is 13.8. The maximum Gasteiger partial charge on any atom is 0.200 e. The van der Waals surface area contributed by atoms with Crippen LogP contribution in [0.15, 0.2) is 0 Å². The van der Waals surface area contributed by atoms with Crippen LogP contribution < -0.4 is 0 Å². The van der Waals surface area contributed by atoms with Gasteiger partial charge in [-0.3, -0.25) is 0 Å². The summed E-state index contributed by atoms with van der Waals surface area (Å²) in [7, 11) is 0. The molecular formula is C9H7F5O3. The van der Waals surface area contributed by atoms with E-state index in [-0.39, 0.29) is 0 Å². The van der Waals surface area contributed by atoms with E-state index >= 15 is 0 Å². The lowest BCUT2D eigenvalue weighted by molar-refractivity contribution is -0.0193. The van der Waals surface area contributed by atoms with E-state index in [9.17, 15) is 22.0 Å². The van der Waals surface area contributed by atoms with Gasteiger partial charge in [0.1, 0.15) is 12.2 Å². The number of aliphatic hydroxyl groups is 3. The van der Waals surface area contributed by atoms with Gasteiger partial charge in [0.2, 0.25) is 5.82 Å². The van der Waals surface area contributed by atoms with Gasteiger partial charge in [-0.15, -0.1) is 0 Å². The van der Waals surface area contributed by atoms with E-state index in [2.05, 4.69) is 0 Å². The average Bonchev–Trinajstić information content (AvgIpc) is 2.32. The summed E-state index contributed by atoms with van der Waals surface area (Å²) in [4.78, 5) is 0. The van der Waals surface area contributed by atoms with Crippen LogP contribution in [0.3, 0.4) is 0 Å². The van der Waals surface area contributed by atoms with E-state index in [0.717, 1.165) is 0 Å². The molecule has 0 aliphatic rings. The van der Waals surface area contributed by atoms with E-state index in [1.54, 1.807) is 0 Å². The second-order valence-electron chi connectivity index (χ2n) is 3.18. The summed E-state index contributed by atoms with van der Waals surface area (Å²) in [5.74, 6) is -11.3. The Bertz CT molecular complexity index is 408. The average molecular weight is 258 g/mol. The molecule has 0 saturated carbocycles. The summed E-state index contributed by atoms with van der Waals surface area (Å²) in [6.07, 6.45) is -4.49. The Morgan fingerprint density at radius 2 is 1.12 bits per heavy atom. The summed E-state index contributed by atoms with van der Waals surface area (Å²) in [5.41, 5.74) is -1.58. The lowest BCUT2D eigenvalue weighted by Gasteiger charge is -2.17. The molecule has 1 rings (SSSR count). The summed E-state index contributed by atoms with van der Waals surface area (Å²) < 4.78 is 64.2. The van der Waals surface area contributed by atoms with Gasteiger partial charge in [0.15, 0.2) is 23.3 Å². The van der Waals surface area contributed by atoms with Crippen molar-refractivity contribution in [2.24, 2.45) is 0 Å². The fraction of sp³-hybridized carbons (Fsp3) is 0.333. The van der Waals surface area contributed by atoms with Gasteiger partial charge in [0.05, 0.1) is 12.2 Å².